The number of rotatable bonds is 0. The zero-order valence-corrected chi connectivity index (χ0v) is 14.3. The molecule has 2 fully saturated rings. The molecule has 0 amide bonds. The van der Waals surface area contributed by atoms with Crippen molar-refractivity contribution in [2.75, 3.05) is 92.5 Å². The Morgan fingerprint density at radius 2 is 0.625 bits per heavy atom. The van der Waals surface area contributed by atoms with E-state index in [1.54, 1.807) is 0 Å². The SMILES string of the molecule is C1COCCOC[C@@H]2OCCOCCOCCO[C@H]2COCCO1. The van der Waals surface area contributed by atoms with Gasteiger partial charge in [-0.05, 0) is 0 Å². The van der Waals surface area contributed by atoms with Crippen molar-refractivity contribution in [3.8, 4) is 0 Å². The fourth-order valence-corrected chi connectivity index (χ4v) is 2.32. The molecule has 2 rings (SSSR count). The number of hydrogen-bond acceptors (Lipinski definition) is 8. The zero-order chi connectivity index (χ0) is 16.7. The Kier molecular flexibility index (Phi) is 11.6. The van der Waals surface area contributed by atoms with Crippen LogP contribution in [0.1, 0.15) is 0 Å². The molecule has 0 saturated carbocycles. The van der Waals surface area contributed by atoms with Gasteiger partial charge in [-0.15, -0.1) is 0 Å². The lowest BCUT2D eigenvalue weighted by atomic mass is 10.2. The Morgan fingerprint density at radius 1 is 0.333 bits per heavy atom. The average Bonchev–Trinajstić information content (AvgIpc) is 2.58. The van der Waals surface area contributed by atoms with Crippen molar-refractivity contribution in [1.29, 1.82) is 0 Å². The molecule has 0 spiro atoms. The molecule has 0 aromatic heterocycles. The van der Waals surface area contributed by atoms with Crippen molar-refractivity contribution in [3.63, 3.8) is 0 Å². The smallest absolute Gasteiger partial charge is 0.109 e. The maximum atomic E-state index is 5.91. The second-order valence-electron chi connectivity index (χ2n) is 5.42. The summed E-state index contributed by atoms with van der Waals surface area (Å²) in [5, 5.41) is 0. The van der Waals surface area contributed by atoms with E-state index < -0.39 is 0 Å². The summed E-state index contributed by atoms with van der Waals surface area (Å²) in [4.78, 5) is 0. The lowest BCUT2D eigenvalue weighted by Gasteiger charge is -2.28. The van der Waals surface area contributed by atoms with Crippen LogP contribution in [0.15, 0.2) is 0 Å². The largest absolute Gasteiger partial charge is 0.377 e. The van der Waals surface area contributed by atoms with Gasteiger partial charge in [0.05, 0.1) is 92.5 Å². The van der Waals surface area contributed by atoms with Gasteiger partial charge in [-0.3, -0.25) is 0 Å². The maximum Gasteiger partial charge on any atom is 0.109 e. The van der Waals surface area contributed by atoms with E-state index in [2.05, 4.69) is 0 Å². The molecule has 0 unspecified atom stereocenters. The van der Waals surface area contributed by atoms with Crippen LogP contribution in [0, 0.1) is 0 Å². The van der Waals surface area contributed by atoms with Crippen LogP contribution < -0.4 is 0 Å². The molecule has 8 nitrogen and oxygen atoms in total. The molecule has 2 saturated heterocycles. The minimum Gasteiger partial charge on any atom is -0.377 e. The van der Waals surface area contributed by atoms with E-state index in [0.29, 0.717) is 92.5 Å². The second kappa shape index (κ2) is 13.9. The van der Waals surface area contributed by atoms with Crippen LogP contribution in [-0.4, -0.2) is 105 Å². The number of fused-ring (bicyclic) bond motifs is 1. The zero-order valence-electron chi connectivity index (χ0n) is 14.3. The van der Waals surface area contributed by atoms with Gasteiger partial charge in [0.2, 0.25) is 0 Å². The van der Waals surface area contributed by atoms with Crippen LogP contribution >= 0.6 is 0 Å². The predicted octanol–water partition coefficient (Wildman–Crippen LogP) is -0.116. The van der Waals surface area contributed by atoms with E-state index in [1.807, 2.05) is 0 Å². The van der Waals surface area contributed by atoms with Crippen LogP contribution in [0.2, 0.25) is 0 Å². The van der Waals surface area contributed by atoms with Gasteiger partial charge in [0.15, 0.2) is 0 Å². The summed E-state index contributed by atoms with van der Waals surface area (Å²) in [6.45, 7) is 7.19. The van der Waals surface area contributed by atoms with Gasteiger partial charge in [-0.2, -0.15) is 0 Å². The highest BCUT2D eigenvalue weighted by molar-refractivity contribution is 4.71. The Balaban J connectivity index is 1.86. The second-order valence-corrected chi connectivity index (χ2v) is 5.42. The highest BCUT2D eigenvalue weighted by atomic mass is 16.6. The van der Waals surface area contributed by atoms with Crippen LogP contribution in [0.25, 0.3) is 0 Å². The Bertz CT molecular complexity index is 263. The highest BCUT2D eigenvalue weighted by Crippen LogP contribution is 2.08. The first-order valence-electron chi connectivity index (χ1n) is 8.66. The maximum absolute atomic E-state index is 5.91. The van der Waals surface area contributed by atoms with Crippen LogP contribution in [0.3, 0.4) is 0 Å². The summed E-state index contributed by atoms with van der Waals surface area (Å²) in [6.07, 6.45) is -0.450. The van der Waals surface area contributed by atoms with Crippen LogP contribution in [0.4, 0.5) is 0 Å². The number of ether oxygens (including phenoxy) is 8. The van der Waals surface area contributed by atoms with Gasteiger partial charge in [0.1, 0.15) is 12.2 Å². The summed E-state index contributed by atoms with van der Waals surface area (Å²) >= 11 is 0. The summed E-state index contributed by atoms with van der Waals surface area (Å²) in [7, 11) is 0. The van der Waals surface area contributed by atoms with Gasteiger partial charge >= 0.3 is 0 Å². The van der Waals surface area contributed by atoms with Crippen molar-refractivity contribution >= 4 is 0 Å². The van der Waals surface area contributed by atoms with Crippen molar-refractivity contribution < 1.29 is 37.9 Å². The van der Waals surface area contributed by atoms with E-state index in [1.165, 1.54) is 0 Å². The lowest BCUT2D eigenvalue weighted by molar-refractivity contribution is -0.149. The van der Waals surface area contributed by atoms with Gasteiger partial charge in [-0.1, -0.05) is 0 Å². The molecule has 142 valence electrons. The third-order valence-corrected chi connectivity index (χ3v) is 3.59. The Hall–Kier alpha value is -0.320. The minimum atomic E-state index is -0.225. The quantitative estimate of drug-likeness (QED) is 0.599. The fourth-order valence-electron chi connectivity index (χ4n) is 2.32. The third kappa shape index (κ3) is 9.24. The van der Waals surface area contributed by atoms with Gasteiger partial charge in [-0.25, -0.2) is 0 Å². The van der Waals surface area contributed by atoms with Crippen molar-refractivity contribution in [2.45, 2.75) is 12.2 Å². The van der Waals surface area contributed by atoms with Gasteiger partial charge < -0.3 is 37.9 Å². The van der Waals surface area contributed by atoms with Crippen LogP contribution in [0.5, 0.6) is 0 Å². The van der Waals surface area contributed by atoms with E-state index in [0.717, 1.165) is 0 Å². The van der Waals surface area contributed by atoms with E-state index in [4.69, 9.17) is 37.9 Å². The van der Waals surface area contributed by atoms with Crippen molar-refractivity contribution in [1.82, 2.24) is 0 Å². The molecule has 2 atom stereocenters. The highest BCUT2D eigenvalue weighted by Gasteiger charge is 2.24. The standard InChI is InChI=1S/C16H30O8/c1-2-18-6-8-22-14-16-15(13-21-7-5-17-1)23-11-9-19-3-4-20-10-12-24-16/h15-16H,1-14H2/t15-,16-/m0/s1. The molecule has 0 aliphatic carbocycles. The molecule has 0 aromatic rings. The molecule has 24 heavy (non-hydrogen) atoms. The topological polar surface area (TPSA) is 73.8 Å². The number of hydrogen-bond donors (Lipinski definition) is 0. The predicted molar refractivity (Wildman–Crippen MR) is 84.4 cm³/mol. The third-order valence-electron chi connectivity index (χ3n) is 3.59. The van der Waals surface area contributed by atoms with E-state index >= 15 is 0 Å². The summed E-state index contributed by atoms with van der Waals surface area (Å²) in [6, 6.07) is 0. The summed E-state index contributed by atoms with van der Waals surface area (Å²) in [5.74, 6) is 0. The minimum absolute atomic E-state index is 0.225. The Labute approximate surface area is 143 Å². The molecular formula is C16H30O8. The van der Waals surface area contributed by atoms with E-state index in [9.17, 15) is 0 Å². The molecule has 0 radical (unpaired) electrons. The molecule has 0 bridgehead atoms. The lowest BCUT2D eigenvalue weighted by Crippen LogP contribution is -2.41. The average molecular weight is 350 g/mol. The molecule has 2 heterocycles. The van der Waals surface area contributed by atoms with Gasteiger partial charge in [0, 0.05) is 0 Å². The van der Waals surface area contributed by atoms with Crippen molar-refractivity contribution in [2.24, 2.45) is 0 Å². The first-order valence-corrected chi connectivity index (χ1v) is 8.66. The molecule has 0 aromatic carbocycles. The van der Waals surface area contributed by atoms with E-state index in [-0.39, 0.29) is 12.2 Å². The molecule has 2 aliphatic heterocycles. The molecule has 8 heteroatoms. The monoisotopic (exact) mass is 350 g/mol. The van der Waals surface area contributed by atoms with Crippen LogP contribution in [-0.2, 0) is 37.9 Å². The van der Waals surface area contributed by atoms with Gasteiger partial charge in [0.25, 0.3) is 0 Å². The molecule has 2 aliphatic rings. The van der Waals surface area contributed by atoms with Crippen molar-refractivity contribution in [3.05, 3.63) is 0 Å². The molecular weight excluding hydrogens is 320 g/mol. The summed E-state index contributed by atoms with van der Waals surface area (Å²) in [5.41, 5.74) is 0. The fraction of sp³-hybridized carbons (Fsp3) is 1.00. The normalized spacial score (nSPS) is 31.0. The summed E-state index contributed by atoms with van der Waals surface area (Å²) < 4.78 is 44.9. The molecule has 0 N–H and O–H groups in total. The first kappa shape index (κ1) is 20.0. The Morgan fingerprint density at radius 3 is 1.00 bits per heavy atom. The first-order chi connectivity index (χ1) is 12.0.